The zero-order valence-electron chi connectivity index (χ0n) is 19.1. The summed E-state index contributed by atoms with van der Waals surface area (Å²) in [4.78, 5) is 33.9. The molecule has 9 nitrogen and oxygen atoms in total. The first-order chi connectivity index (χ1) is 15.2. The van der Waals surface area contributed by atoms with Gasteiger partial charge in [-0.15, -0.1) is 0 Å². The molecule has 1 aliphatic rings. The molecule has 1 saturated heterocycles. The number of fused-ring (bicyclic) bond motifs is 1. The molecule has 0 saturated carbocycles. The second-order valence-electron chi connectivity index (χ2n) is 8.89. The van der Waals surface area contributed by atoms with Gasteiger partial charge in [0.25, 0.3) is 5.56 Å². The number of hydrogen-bond acceptors (Lipinski definition) is 6. The second kappa shape index (κ2) is 8.82. The lowest BCUT2D eigenvalue weighted by Crippen LogP contribution is -2.36. The zero-order chi connectivity index (χ0) is 23.0. The molecule has 2 N–H and O–H groups in total. The van der Waals surface area contributed by atoms with Gasteiger partial charge in [0.05, 0.1) is 6.54 Å². The number of imidazole rings is 1. The third-order valence-corrected chi connectivity index (χ3v) is 6.37. The maximum absolute atomic E-state index is 12.7. The highest BCUT2D eigenvalue weighted by atomic mass is 16.5. The van der Waals surface area contributed by atoms with Crippen LogP contribution < -0.4 is 20.9 Å². The summed E-state index contributed by atoms with van der Waals surface area (Å²) in [6.45, 7) is 8.09. The minimum Gasteiger partial charge on any atom is -0.491 e. The molecule has 1 atom stereocenters. The standard InChI is InChI=1S/C23H31N5O4/c1-14-7-9-27(10-8-14)22-24-20-19(21(30)25-23(31)26(20)4)28(22)12-17(29)13-32-18-6-5-15(2)16(3)11-18/h5-6,11,14,17,29H,7-10,12-13H2,1-4H3,(H,25,30,31)/t17-/m1/s1. The lowest BCUT2D eigenvalue weighted by Gasteiger charge is -2.31. The Morgan fingerprint density at radius 2 is 1.94 bits per heavy atom. The largest absolute Gasteiger partial charge is 0.491 e. The Bertz CT molecular complexity index is 1230. The van der Waals surface area contributed by atoms with Gasteiger partial charge in [-0.05, 0) is 55.9 Å². The van der Waals surface area contributed by atoms with Gasteiger partial charge in [-0.2, -0.15) is 4.98 Å². The van der Waals surface area contributed by atoms with Crippen molar-refractivity contribution in [1.82, 2.24) is 19.1 Å². The number of piperidine rings is 1. The third-order valence-electron chi connectivity index (χ3n) is 6.37. The van der Waals surface area contributed by atoms with E-state index in [0.717, 1.165) is 31.5 Å². The van der Waals surface area contributed by atoms with Gasteiger partial charge in [0.2, 0.25) is 5.95 Å². The molecule has 0 spiro atoms. The molecule has 0 aliphatic carbocycles. The number of aromatic amines is 1. The molecular formula is C23H31N5O4. The van der Waals surface area contributed by atoms with Crippen molar-refractivity contribution in [3.8, 4) is 5.75 Å². The summed E-state index contributed by atoms with van der Waals surface area (Å²) in [6, 6.07) is 5.80. The zero-order valence-corrected chi connectivity index (χ0v) is 19.1. The van der Waals surface area contributed by atoms with Crippen molar-refractivity contribution in [2.45, 2.75) is 46.3 Å². The fraction of sp³-hybridized carbons (Fsp3) is 0.522. The normalized spacial score (nSPS) is 16.0. The number of aliphatic hydroxyl groups is 1. The van der Waals surface area contributed by atoms with E-state index in [9.17, 15) is 14.7 Å². The Balaban J connectivity index is 1.64. The summed E-state index contributed by atoms with van der Waals surface area (Å²) in [5.74, 6) is 1.92. The summed E-state index contributed by atoms with van der Waals surface area (Å²) < 4.78 is 8.85. The molecule has 3 heterocycles. The predicted molar refractivity (Wildman–Crippen MR) is 124 cm³/mol. The molecule has 1 aliphatic heterocycles. The van der Waals surface area contributed by atoms with E-state index in [1.54, 1.807) is 11.6 Å². The van der Waals surface area contributed by atoms with Gasteiger partial charge in [0, 0.05) is 20.1 Å². The Morgan fingerprint density at radius 1 is 1.22 bits per heavy atom. The van der Waals surface area contributed by atoms with Gasteiger partial charge < -0.3 is 19.3 Å². The number of aromatic nitrogens is 4. The molecule has 0 unspecified atom stereocenters. The molecule has 1 aromatic carbocycles. The number of anilines is 1. The average Bonchev–Trinajstić information content (AvgIpc) is 3.13. The van der Waals surface area contributed by atoms with Gasteiger partial charge in [0.1, 0.15) is 18.5 Å². The minimum absolute atomic E-state index is 0.0717. The topological polar surface area (TPSA) is 105 Å². The van der Waals surface area contributed by atoms with Gasteiger partial charge in [-0.3, -0.25) is 14.3 Å². The van der Waals surface area contributed by atoms with Crippen molar-refractivity contribution < 1.29 is 9.84 Å². The summed E-state index contributed by atoms with van der Waals surface area (Å²) in [6.07, 6.45) is 1.18. The van der Waals surface area contributed by atoms with Crippen LogP contribution in [0.4, 0.5) is 5.95 Å². The Morgan fingerprint density at radius 3 is 2.62 bits per heavy atom. The average molecular weight is 442 g/mol. The van der Waals surface area contributed by atoms with E-state index in [1.807, 2.05) is 32.0 Å². The van der Waals surface area contributed by atoms with E-state index in [0.29, 0.717) is 23.3 Å². The van der Waals surface area contributed by atoms with Gasteiger partial charge >= 0.3 is 5.69 Å². The van der Waals surface area contributed by atoms with E-state index in [2.05, 4.69) is 21.8 Å². The Kier molecular flexibility index (Phi) is 6.10. The smallest absolute Gasteiger partial charge is 0.329 e. The quantitative estimate of drug-likeness (QED) is 0.603. The van der Waals surface area contributed by atoms with E-state index < -0.39 is 17.4 Å². The van der Waals surface area contributed by atoms with Crippen molar-refractivity contribution in [3.63, 3.8) is 0 Å². The number of nitrogens with zero attached hydrogens (tertiary/aromatic N) is 4. The molecule has 172 valence electrons. The number of hydrogen-bond donors (Lipinski definition) is 2. The van der Waals surface area contributed by atoms with Crippen molar-refractivity contribution in [1.29, 1.82) is 0 Å². The minimum atomic E-state index is -0.867. The maximum atomic E-state index is 12.7. The number of rotatable bonds is 6. The maximum Gasteiger partial charge on any atom is 0.329 e. The number of aliphatic hydroxyl groups excluding tert-OH is 1. The lowest BCUT2D eigenvalue weighted by atomic mass is 10.00. The molecule has 4 rings (SSSR count). The highest BCUT2D eigenvalue weighted by Gasteiger charge is 2.25. The fourth-order valence-corrected chi connectivity index (χ4v) is 4.11. The van der Waals surface area contributed by atoms with Crippen LogP contribution >= 0.6 is 0 Å². The summed E-state index contributed by atoms with van der Waals surface area (Å²) in [5, 5.41) is 10.8. The van der Waals surface area contributed by atoms with Crippen LogP contribution in [0.1, 0.15) is 30.9 Å². The third kappa shape index (κ3) is 4.29. The molecule has 32 heavy (non-hydrogen) atoms. The summed E-state index contributed by atoms with van der Waals surface area (Å²) in [5.41, 5.74) is 1.87. The van der Waals surface area contributed by atoms with Gasteiger partial charge in [-0.25, -0.2) is 4.79 Å². The van der Waals surface area contributed by atoms with Crippen molar-refractivity contribution in [2.24, 2.45) is 13.0 Å². The van der Waals surface area contributed by atoms with Crippen LogP contribution in [0.3, 0.4) is 0 Å². The number of nitrogens with one attached hydrogen (secondary N) is 1. The lowest BCUT2D eigenvalue weighted by molar-refractivity contribution is 0.0935. The van der Waals surface area contributed by atoms with Crippen LogP contribution in [0, 0.1) is 19.8 Å². The van der Waals surface area contributed by atoms with E-state index in [-0.39, 0.29) is 18.7 Å². The van der Waals surface area contributed by atoms with Crippen LogP contribution in [0.2, 0.25) is 0 Å². The first kappa shape index (κ1) is 22.1. The van der Waals surface area contributed by atoms with Crippen LogP contribution in [0.25, 0.3) is 11.2 Å². The first-order valence-electron chi connectivity index (χ1n) is 11.1. The number of ether oxygens (including phenoxy) is 1. The number of benzene rings is 1. The van der Waals surface area contributed by atoms with E-state index >= 15 is 0 Å². The molecule has 0 amide bonds. The second-order valence-corrected chi connectivity index (χ2v) is 8.89. The van der Waals surface area contributed by atoms with Crippen LogP contribution in [0.5, 0.6) is 5.75 Å². The van der Waals surface area contributed by atoms with Crippen molar-refractivity contribution in [3.05, 3.63) is 50.2 Å². The van der Waals surface area contributed by atoms with Crippen molar-refractivity contribution in [2.75, 3.05) is 24.6 Å². The first-order valence-corrected chi connectivity index (χ1v) is 11.1. The van der Waals surface area contributed by atoms with E-state index in [4.69, 9.17) is 4.74 Å². The Hall–Kier alpha value is -3.07. The van der Waals surface area contributed by atoms with E-state index in [1.165, 1.54) is 10.1 Å². The number of H-pyrrole nitrogens is 1. The molecule has 0 radical (unpaired) electrons. The molecule has 1 fully saturated rings. The van der Waals surface area contributed by atoms with Crippen LogP contribution in [-0.2, 0) is 13.6 Å². The SMILES string of the molecule is Cc1ccc(OC[C@H](O)Cn2c(N3CCC(C)CC3)nc3c2c(=O)[nH]c(=O)n3C)cc1C. The molecule has 0 bridgehead atoms. The summed E-state index contributed by atoms with van der Waals surface area (Å²) in [7, 11) is 1.58. The predicted octanol–water partition coefficient (Wildman–Crippen LogP) is 1.72. The van der Waals surface area contributed by atoms with Crippen molar-refractivity contribution >= 4 is 17.1 Å². The van der Waals surface area contributed by atoms with Crippen LogP contribution in [0.15, 0.2) is 27.8 Å². The number of aryl methyl sites for hydroxylation is 3. The molecular weight excluding hydrogens is 410 g/mol. The van der Waals surface area contributed by atoms with Gasteiger partial charge in [0.15, 0.2) is 11.2 Å². The monoisotopic (exact) mass is 441 g/mol. The highest BCUT2D eigenvalue weighted by Crippen LogP contribution is 2.25. The molecule has 3 aromatic rings. The molecule has 9 heteroatoms. The fourth-order valence-electron chi connectivity index (χ4n) is 4.11. The summed E-state index contributed by atoms with van der Waals surface area (Å²) >= 11 is 0. The molecule has 2 aromatic heterocycles. The van der Waals surface area contributed by atoms with Gasteiger partial charge in [-0.1, -0.05) is 13.0 Å². The highest BCUT2D eigenvalue weighted by molar-refractivity contribution is 5.74. The Labute approximate surface area is 186 Å². The van der Waals surface area contributed by atoms with Crippen LogP contribution in [-0.4, -0.2) is 50.0 Å².